The summed E-state index contributed by atoms with van der Waals surface area (Å²) in [6, 6.07) is 5.61. The Morgan fingerprint density at radius 1 is 0.938 bits per heavy atom. The van der Waals surface area contributed by atoms with Crippen molar-refractivity contribution in [2.75, 3.05) is 6.61 Å². The van der Waals surface area contributed by atoms with Crippen molar-refractivity contribution < 1.29 is 13.4 Å². The number of pyridine rings is 1. The second-order valence-electron chi connectivity index (χ2n) is 12.7. The predicted octanol–water partition coefficient (Wildman–Crippen LogP) is 6.59. The third-order valence-corrected chi connectivity index (χ3v) is 17.4. The molecule has 0 amide bonds. The predicted molar refractivity (Wildman–Crippen MR) is 143 cm³/mol. The second-order valence-corrected chi connectivity index (χ2v) is 24.3. The van der Waals surface area contributed by atoms with E-state index >= 15 is 0 Å². The van der Waals surface area contributed by atoms with Gasteiger partial charge in [0.25, 0.3) is 0 Å². The Balaban J connectivity index is 3.41. The van der Waals surface area contributed by atoms with Gasteiger partial charge in [-0.2, -0.15) is 0 Å². The van der Waals surface area contributed by atoms with Crippen LogP contribution in [0.2, 0.25) is 36.3 Å². The van der Waals surface area contributed by atoms with E-state index in [1.54, 1.807) is 6.20 Å². The summed E-state index contributed by atoms with van der Waals surface area (Å²) in [5.41, 5.74) is 0.847. The van der Waals surface area contributed by atoms with Gasteiger partial charge in [0, 0.05) is 17.6 Å². The third kappa shape index (κ3) is 8.22. The van der Waals surface area contributed by atoms with Crippen molar-refractivity contribution in [1.82, 2.24) is 9.71 Å². The molecule has 0 aliphatic carbocycles. The van der Waals surface area contributed by atoms with Gasteiger partial charge in [-0.3, -0.25) is 4.98 Å². The van der Waals surface area contributed by atoms with Crippen LogP contribution in [0.5, 0.6) is 0 Å². The van der Waals surface area contributed by atoms with Gasteiger partial charge in [-0.05, 0) is 69.2 Å². The molecule has 0 aliphatic heterocycles. The fraction of sp³-hybridized carbons (Fsp3) is 0.792. The lowest BCUT2D eigenvalue weighted by atomic mass is 10.1. The first-order valence-corrected chi connectivity index (χ1v) is 18.6. The highest BCUT2D eigenvalue weighted by molar-refractivity contribution is 7.90. The van der Waals surface area contributed by atoms with Crippen LogP contribution in [0.1, 0.15) is 74.1 Å². The van der Waals surface area contributed by atoms with Gasteiger partial charge in [0.15, 0.2) is 16.6 Å². The SMILES string of the molecule is CC(C)(C)[S@@+]([O-])N[C@@H](CO[Si](C)(C)C(C)(C)C)[C@@H](O[Si](C)(C)C(C)(C)C)c1ccccn1. The second kappa shape index (κ2) is 10.6. The molecule has 1 N–H and O–H groups in total. The molecule has 8 heteroatoms. The molecule has 1 rings (SSSR count). The van der Waals surface area contributed by atoms with E-state index in [2.05, 4.69) is 77.4 Å². The molecule has 0 aromatic carbocycles. The average molecular weight is 501 g/mol. The minimum Gasteiger partial charge on any atom is -0.598 e. The number of hydrogen-bond acceptors (Lipinski definition) is 5. The molecule has 0 saturated carbocycles. The van der Waals surface area contributed by atoms with E-state index in [1.807, 2.05) is 39.0 Å². The Kier molecular flexibility index (Phi) is 9.86. The van der Waals surface area contributed by atoms with E-state index in [1.165, 1.54) is 0 Å². The van der Waals surface area contributed by atoms with Gasteiger partial charge in [0.1, 0.15) is 16.9 Å². The molecular weight excluding hydrogens is 453 g/mol. The Bertz CT molecular complexity index is 711. The number of hydrogen-bond donors (Lipinski definition) is 1. The van der Waals surface area contributed by atoms with Crippen molar-refractivity contribution in [1.29, 1.82) is 0 Å². The van der Waals surface area contributed by atoms with Crippen molar-refractivity contribution in [2.45, 2.75) is 115 Å². The molecule has 3 atom stereocenters. The van der Waals surface area contributed by atoms with Gasteiger partial charge in [0.2, 0.25) is 0 Å². The van der Waals surface area contributed by atoms with Crippen LogP contribution < -0.4 is 4.72 Å². The van der Waals surface area contributed by atoms with Crippen molar-refractivity contribution in [3.05, 3.63) is 30.1 Å². The molecule has 0 saturated heterocycles. The minimum atomic E-state index is -2.15. The van der Waals surface area contributed by atoms with Gasteiger partial charge in [0.05, 0.1) is 12.3 Å². The van der Waals surface area contributed by atoms with Gasteiger partial charge in [-0.1, -0.05) is 47.6 Å². The zero-order valence-corrected chi connectivity index (χ0v) is 25.6. The number of nitrogens with zero attached hydrogens (tertiary/aromatic N) is 1. The largest absolute Gasteiger partial charge is 0.598 e. The maximum atomic E-state index is 13.2. The van der Waals surface area contributed by atoms with Crippen LogP contribution in [-0.2, 0) is 20.2 Å². The lowest BCUT2D eigenvalue weighted by Crippen LogP contribution is -2.54. The molecule has 1 aromatic heterocycles. The van der Waals surface area contributed by atoms with Gasteiger partial charge >= 0.3 is 0 Å². The lowest BCUT2D eigenvalue weighted by Gasteiger charge is -2.43. The Labute approximate surface area is 203 Å². The first kappa shape index (κ1) is 29.8. The zero-order chi connectivity index (χ0) is 25.2. The van der Waals surface area contributed by atoms with Gasteiger partial charge < -0.3 is 13.4 Å². The van der Waals surface area contributed by atoms with Crippen LogP contribution in [0.4, 0.5) is 0 Å². The molecule has 32 heavy (non-hydrogen) atoms. The Morgan fingerprint density at radius 3 is 1.88 bits per heavy atom. The van der Waals surface area contributed by atoms with E-state index in [4.69, 9.17) is 8.85 Å². The van der Waals surface area contributed by atoms with E-state index in [0.717, 1.165) is 5.69 Å². The van der Waals surface area contributed by atoms with Gasteiger partial charge in [-0.25, -0.2) is 0 Å². The molecule has 1 heterocycles. The van der Waals surface area contributed by atoms with Crippen LogP contribution in [0.3, 0.4) is 0 Å². The molecule has 0 aliphatic rings. The maximum Gasteiger partial charge on any atom is 0.193 e. The quantitative estimate of drug-likeness (QED) is 0.306. The molecule has 0 radical (unpaired) electrons. The summed E-state index contributed by atoms with van der Waals surface area (Å²) >= 11 is -1.27. The summed E-state index contributed by atoms with van der Waals surface area (Å²) in [6.07, 6.45) is 1.44. The standard InChI is InChI=1S/C24H48N2O3SSi2/c1-22(2,3)30(27)26-20(18-28-31(10,11)23(4,5)6)21(19-16-14-15-17-25-19)29-32(12,13)24(7,8)9/h14-17,20-21,26H,18H2,1-13H3/t20-,21-,30+/m0/s1. The van der Waals surface area contributed by atoms with Gasteiger partial charge in [-0.15, -0.1) is 4.72 Å². The molecule has 1 aromatic rings. The number of rotatable bonds is 9. The van der Waals surface area contributed by atoms with Crippen LogP contribution in [0.25, 0.3) is 0 Å². The highest BCUT2D eigenvalue weighted by Gasteiger charge is 2.45. The van der Waals surface area contributed by atoms with Crippen LogP contribution >= 0.6 is 0 Å². The zero-order valence-electron chi connectivity index (χ0n) is 22.8. The van der Waals surface area contributed by atoms with E-state index in [0.29, 0.717) is 6.61 Å². The monoisotopic (exact) mass is 500 g/mol. The summed E-state index contributed by atoms with van der Waals surface area (Å²) in [7, 11) is -4.16. The fourth-order valence-electron chi connectivity index (χ4n) is 2.40. The molecule has 0 unspecified atom stereocenters. The maximum absolute atomic E-state index is 13.2. The summed E-state index contributed by atoms with van der Waals surface area (Å²) in [5.74, 6) is 0. The fourth-order valence-corrected chi connectivity index (χ4v) is 5.52. The summed E-state index contributed by atoms with van der Waals surface area (Å²) < 4.78 is 29.7. The third-order valence-electron chi connectivity index (χ3n) is 6.82. The van der Waals surface area contributed by atoms with E-state index in [9.17, 15) is 4.55 Å². The first-order valence-electron chi connectivity index (χ1n) is 11.6. The molecule has 5 nitrogen and oxygen atoms in total. The van der Waals surface area contributed by atoms with Crippen LogP contribution in [-0.4, -0.2) is 43.6 Å². The first-order chi connectivity index (χ1) is 14.2. The van der Waals surface area contributed by atoms with Crippen LogP contribution in [0, 0.1) is 0 Å². The van der Waals surface area contributed by atoms with Crippen molar-refractivity contribution in [3.63, 3.8) is 0 Å². The lowest BCUT2D eigenvalue weighted by molar-refractivity contribution is 0.108. The summed E-state index contributed by atoms with van der Waals surface area (Å²) in [4.78, 5) is 4.64. The molecule has 0 spiro atoms. The van der Waals surface area contributed by atoms with Crippen molar-refractivity contribution >= 4 is 28.0 Å². The van der Waals surface area contributed by atoms with Crippen molar-refractivity contribution in [3.8, 4) is 0 Å². The topological polar surface area (TPSA) is 66.4 Å². The van der Waals surface area contributed by atoms with Crippen molar-refractivity contribution in [2.24, 2.45) is 0 Å². The number of aromatic nitrogens is 1. The molecular formula is C24H48N2O3SSi2. The van der Waals surface area contributed by atoms with E-state index < -0.39 is 32.7 Å². The molecule has 0 fully saturated rings. The average Bonchev–Trinajstić information content (AvgIpc) is 2.61. The Morgan fingerprint density at radius 2 is 1.47 bits per heavy atom. The smallest absolute Gasteiger partial charge is 0.193 e. The van der Waals surface area contributed by atoms with E-state index in [-0.39, 0.29) is 22.2 Å². The Hall–Kier alpha value is -0.226. The van der Waals surface area contributed by atoms with Crippen LogP contribution in [0.15, 0.2) is 24.4 Å². The summed E-state index contributed by atoms with van der Waals surface area (Å²) in [5, 5.41) is 0.121. The summed E-state index contributed by atoms with van der Waals surface area (Å²) in [6.45, 7) is 28.7. The minimum absolute atomic E-state index is 0.0358. The highest BCUT2D eigenvalue weighted by atomic mass is 32.2. The molecule has 0 bridgehead atoms. The number of nitrogens with one attached hydrogen (secondary N) is 1. The molecule has 186 valence electrons. The highest BCUT2D eigenvalue weighted by Crippen LogP contribution is 2.41. The normalized spacial score (nSPS) is 17.2.